The van der Waals surface area contributed by atoms with Crippen molar-refractivity contribution in [2.45, 2.75) is 32.6 Å². The second-order valence-corrected chi connectivity index (χ2v) is 5.78. The minimum Gasteiger partial charge on any atom is -0.373 e. The Labute approximate surface area is 111 Å². The van der Waals surface area contributed by atoms with E-state index in [1.54, 1.807) is 11.3 Å². The van der Waals surface area contributed by atoms with Crippen molar-refractivity contribution in [1.29, 1.82) is 0 Å². The highest BCUT2D eigenvalue weighted by Crippen LogP contribution is 2.41. The molecule has 1 saturated carbocycles. The van der Waals surface area contributed by atoms with Crippen LogP contribution in [0.3, 0.4) is 0 Å². The van der Waals surface area contributed by atoms with Crippen molar-refractivity contribution in [2.24, 2.45) is 0 Å². The first-order valence-corrected chi connectivity index (χ1v) is 7.19. The average Bonchev–Trinajstić information content (AvgIpc) is 3.13. The molecule has 3 nitrogen and oxygen atoms in total. The molecule has 1 aliphatic carbocycles. The average molecular weight is 259 g/mol. The maximum absolute atomic E-state index is 4.81. The van der Waals surface area contributed by atoms with Gasteiger partial charge in [-0.25, -0.2) is 9.97 Å². The Kier molecular flexibility index (Phi) is 2.82. The summed E-state index contributed by atoms with van der Waals surface area (Å²) >= 11 is 1.76. The lowest BCUT2D eigenvalue weighted by molar-refractivity contribution is 0.924. The number of nitrogens with one attached hydrogen (secondary N) is 1. The van der Waals surface area contributed by atoms with Gasteiger partial charge < -0.3 is 5.32 Å². The van der Waals surface area contributed by atoms with Crippen molar-refractivity contribution in [3.63, 3.8) is 0 Å². The lowest BCUT2D eigenvalue weighted by Crippen LogP contribution is -2.04. The second kappa shape index (κ2) is 4.35. The largest absolute Gasteiger partial charge is 0.373 e. The van der Waals surface area contributed by atoms with Gasteiger partial charge in [-0.3, -0.25) is 0 Å². The van der Waals surface area contributed by atoms with E-state index >= 15 is 0 Å². The van der Waals surface area contributed by atoms with Gasteiger partial charge in [0.05, 0.1) is 10.6 Å². The molecule has 0 bridgehead atoms. The first-order chi connectivity index (χ1) is 8.70. The topological polar surface area (TPSA) is 37.8 Å². The molecular weight excluding hydrogens is 242 g/mol. The van der Waals surface area contributed by atoms with Gasteiger partial charge >= 0.3 is 0 Å². The fraction of sp³-hybridized carbons (Fsp3) is 0.429. The summed E-state index contributed by atoms with van der Waals surface area (Å²) in [5.41, 5.74) is 3.54. The molecule has 4 heteroatoms. The molecule has 0 unspecified atom stereocenters. The summed E-state index contributed by atoms with van der Waals surface area (Å²) in [5.74, 6) is 2.55. The van der Waals surface area contributed by atoms with Gasteiger partial charge in [-0.05, 0) is 43.7 Å². The zero-order chi connectivity index (χ0) is 12.7. The maximum Gasteiger partial charge on any atom is 0.134 e. The fourth-order valence-corrected chi connectivity index (χ4v) is 3.11. The summed E-state index contributed by atoms with van der Waals surface area (Å²) in [4.78, 5) is 10.7. The number of hydrogen-bond acceptors (Lipinski definition) is 4. The molecule has 94 valence electrons. The highest BCUT2D eigenvalue weighted by Gasteiger charge is 2.28. The standard InChI is InChI=1S/C14H17N3S/c1-8-6-7-18-12(8)11-9(2)13(15-3)17-14(16-11)10-4-5-10/h6-7,10H,4-5H2,1-3H3,(H,15,16,17). The smallest absolute Gasteiger partial charge is 0.134 e. The van der Waals surface area contributed by atoms with Crippen LogP contribution in [0.1, 0.15) is 35.7 Å². The van der Waals surface area contributed by atoms with Crippen molar-refractivity contribution >= 4 is 17.2 Å². The zero-order valence-corrected chi connectivity index (χ0v) is 11.8. The van der Waals surface area contributed by atoms with E-state index in [2.05, 4.69) is 35.6 Å². The Hall–Kier alpha value is -1.42. The summed E-state index contributed by atoms with van der Waals surface area (Å²) < 4.78 is 0. The van der Waals surface area contributed by atoms with Crippen molar-refractivity contribution in [2.75, 3.05) is 12.4 Å². The minimum atomic E-state index is 0.580. The van der Waals surface area contributed by atoms with E-state index in [1.807, 2.05) is 7.05 Å². The van der Waals surface area contributed by atoms with Crippen molar-refractivity contribution in [1.82, 2.24) is 9.97 Å². The van der Waals surface area contributed by atoms with Gasteiger partial charge in [-0.2, -0.15) is 0 Å². The van der Waals surface area contributed by atoms with E-state index in [-0.39, 0.29) is 0 Å². The molecule has 0 saturated heterocycles. The predicted molar refractivity (Wildman–Crippen MR) is 76.3 cm³/mol. The summed E-state index contributed by atoms with van der Waals surface area (Å²) in [6.07, 6.45) is 2.46. The molecule has 1 fully saturated rings. The van der Waals surface area contributed by atoms with Crippen LogP contribution in [0.25, 0.3) is 10.6 Å². The molecule has 0 aromatic carbocycles. The van der Waals surface area contributed by atoms with Crippen LogP contribution in [-0.2, 0) is 0 Å². The van der Waals surface area contributed by atoms with Crippen LogP contribution in [0.2, 0.25) is 0 Å². The number of thiophene rings is 1. The molecular formula is C14H17N3S. The molecule has 1 N–H and O–H groups in total. The van der Waals surface area contributed by atoms with Crippen molar-refractivity contribution in [3.05, 3.63) is 28.4 Å². The maximum atomic E-state index is 4.81. The first-order valence-electron chi connectivity index (χ1n) is 6.31. The molecule has 0 radical (unpaired) electrons. The molecule has 0 amide bonds. The molecule has 2 heterocycles. The predicted octanol–water partition coefficient (Wildman–Crippen LogP) is 3.74. The number of anilines is 1. The minimum absolute atomic E-state index is 0.580. The van der Waals surface area contributed by atoms with E-state index in [0.29, 0.717) is 5.92 Å². The molecule has 1 aliphatic rings. The summed E-state index contributed by atoms with van der Waals surface area (Å²) in [6.45, 7) is 4.24. The van der Waals surface area contributed by atoms with Crippen LogP contribution in [0.5, 0.6) is 0 Å². The monoisotopic (exact) mass is 259 g/mol. The third-order valence-electron chi connectivity index (χ3n) is 3.42. The molecule has 2 aromatic heterocycles. The molecule has 2 aromatic rings. The molecule has 0 atom stereocenters. The number of hydrogen-bond donors (Lipinski definition) is 1. The Morgan fingerprint density at radius 2 is 2.06 bits per heavy atom. The highest BCUT2D eigenvalue weighted by molar-refractivity contribution is 7.13. The molecule has 3 rings (SSSR count). The molecule has 0 aliphatic heterocycles. The normalized spacial score (nSPS) is 14.8. The third-order valence-corrected chi connectivity index (χ3v) is 4.44. The Morgan fingerprint density at radius 1 is 1.28 bits per heavy atom. The van der Waals surface area contributed by atoms with Gasteiger partial charge in [-0.1, -0.05) is 0 Å². The summed E-state index contributed by atoms with van der Waals surface area (Å²) in [6, 6.07) is 2.15. The van der Waals surface area contributed by atoms with E-state index in [0.717, 1.165) is 22.9 Å². The fourth-order valence-electron chi connectivity index (χ4n) is 2.14. The van der Waals surface area contributed by atoms with E-state index in [4.69, 9.17) is 4.98 Å². The quantitative estimate of drug-likeness (QED) is 0.912. The number of aryl methyl sites for hydroxylation is 1. The van der Waals surface area contributed by atoms with Crippen LogP contribution in [0.4, 0.5) is 5.82 Å². The van der Waals surface area contributed by atoms with Crippen LogP contribution < -0.4 is 5.32 Å². The molecule has 0 spiro atoms. The third kappa shape index (κ3) is 1.90. The van der Waals surface area contributed by atoms with Crippen LogP contribution in [0.15, 0.2) is 11.4 Å². The van der Waals surface area contributed by atoms with Gasteiger partial charge in [0.15, 0.2) is 0 Å². The van der Waals surface area contributed by atoms with Gasteiger partial charge in [0.1, 0.15) is 11.6 Å². The Bertz CT molecular complexity index is 585. The second-order valence-electron chi connectivity index (χ2n) is 4.86. The SMILES string of the molecule is CNc1nc(C2CC2)nc(-c2sccc2C)c1C. The summed E-state index contributed by atoms with van der Waals surface area (Å²) in [7, 11) is 1.93. The van der Waals surface area contributed by atoms with Crippen LogP contribution in [-0.4, -0.2) is 17.0 Å². The van der Waals surface area contributed by atoms with E-state index < -0.39 is 0 Å². The number of rotatable bonds is 3. The first kappa shape index (κ1) is 11.7. The number of nitrogens with zero attached hydrogens (tertiary/aromatic N) is 2. The Morgan fingerprint density at radius 3 is 2.61 bits per heavy atom. The zero-order valence-electron chi connectivity index (χ0n) is 10.9. The van der Waals surface area contributed by atoms with Gasteiger partial charge in [-0.15, -0.1) is 11.3 Å². The summed E-state index contributed by atoms with van der Waals surface area (Å²) in [5, 5.41) is 5.32. The van der Waals surface area contributed by atoms with Crippen LogP contribution >= 0.6 is 11.3 Å². The molecule has 18 heavy (non-hydrogen) atoms. The van der Waals surface area contributed by atoms with Gasteiger partial charge in [0.2, 0.25) is 0 Å². The van der Waals surface area contributed by atoms with Crippen LogP contribution in [0, 0.1) is 13.8 Å². The van der Waals surface area contributed by atoms with Gasteiger partial charge in [0, 0.05) is 18.5 Å². The lowest BCUT2D eigenvalue weighted by Gasteiger charge is -2.11. The van der Waals surface area contributed by atoms with Gasteiger partial charge in [0.25, 0.3) is 0 Å². The number of aromatic nitrogens is 2. The Balaban J connectivity index is 2.18. The lowest BCUT2D eigenvalue weighted by atomic mass is 10.1. The van der Waals surface area contributed by atoms with E-state index in [9.17, 15) is 0 Å². The van der Waals surface area contributed by atoms with E-state index in [1.165, 1.54) is 23.3 Å². The highest BCUT2D eigenvalue weighted by atomic mass is 32.1. The van der Waals surface area contributed by atoms with Crippen molar-refractivity contribution < 1.29 is 0 Å². The van der Waals surface area contributed by atoms with Crippen molar-refractivity contribution in [3.8, 4) is 10.6 Å².